The summed E-state index contributed by atoms with van der Waals surface area (Å²) in [5.41, 5.74) is 6.38. The lowest BCUT2D eigenvalue weighted by Gasteiger charge is -2.11. The third kappa shape index (κ3) is 4.15. The minimum Gasteiger partial charge on any atom is -0.383 e. The number of rotatable bonds is 7. The van der Waals surface area contributed by atoms with Crippen molar-refractivity contribution < 1.29 is 9.53 Å². The van der Waals surface area contributed by atoms with Crippen LogP contribution >= 0.6 is 0 Å². The lowest BCUT2D eigenvalue weighted by atomic mass is 10.2. The first-order valence-electron chi connectivity index (χ1n) is 6.42. The first-order chi connectivity index (χ1) is 10.2. The van der Waals surface area contributed by atoms with Crippen LogP contribution in [0.2, 0.25) is 0 Å². The number of carbonyl (C=O) groups excluding carboxylic acids is 1. The molecule has 7 nitrogen and oxygen atoms in total. The van der Waals surface area contributed by atoms with Crippen LogP contribution in [0.3, 0.4) is 0 Å². The molecular formula is C14H17N5O2. The van der Waals surface area contributed by atoms with E-state index in [2.05, 4.69) is 20.6 Å². The number of nitrogens with two attached hydrogens (primary N) is 1. The predicted molar refractivity (Wildman–Crippen MR) is 80.6 cm³/mol. The maximum Gasteiger partial charge on any atom is 0.254 e. The van der Waals surface area contributed by atoms with Crippen molar-refractivity contribution in [3.63, 3.8) is 0 Å². The fourth-order valence-corrected chi connectivity index (χ4v) is 1.67. The molecule has 2 aromatic rings. The molecule has 0 saturated heterocycles. The minimum absolute atomic E-state index is 0.233. The summed E-state index contributed by atoms with van der Waals surface area (Å²) < 4.78 is 4.94. The van der Waals surface area contributed by atoms with E-state index in [1.54, 1.807) is 7.11 Å². The summed E-state index contributed by atoms with van der Waals surface area (Å²) in [6, 6.07) is 9.39. The zero-order valence-corrected chi connectivity index (χ0v) is 11.7. The number of ether oxygens (including phenoxy) is 1. The van der Waals surface area contributed by atoms with Crippen LogP contribution in [-0.4, -0.2) is 36.1 Å². The maximum absolute atomic E-state index is 11.4. The summed E-state index contributed by atoms with van der Waals surface area (Å²) in [4.78, 5) is 19.8. The highest BCUT2D eigenvalue weighted by Crippen LogP contribution is 2.19. The highest BCUT2D eigenvalue weighted by atomic mass is 16.5. The summed E-state index contributed by atoms with van der Waals surface area (Å²) in [5.74, 6) is 0.177. The Morgan fingerprint density at radius 2 is 2.10 bits per heavy atom. The number of primary amides is 1. The third-order valence-electron chi connectivity index (χ3n) is 2.68. The van der Waals surface area contributed by atoms with Gasteiger partial charge in [-0.15, -0.1) is 0 Å². The number of hydrogen-bond donors (Lipinski definition) is 3. The van der Waals surface area contributed by atoms with E-state index in [4.69, 9.17) is 10.5 Å². The summed E-state index contributed by atoms with van der Waals surface area (Å²) >= 11 is 0. The van der Waals surface area contributed by atoms with Crippen LogP contribution in [0.5, 0.6) is 0 Å². The Kier molecular flexibility index (Phi) is 5.05. The van der Waals surface area contributed by atoms with Crippen molar-refractivity contribution in [2.24, 2.45) is 5.73 Å². The van der Waals surface area contributed by atoms with Crippen molar-refractivity contribution in [3.8, 4) is 0 Å². The summed E-state index contributed by atoms with van der Waals surface area (Å²) in [6.07, 6.45) is 1.40. The van der Waals surface area contributed by atoms with Gasteiger partial charge in [-0.05, 0) is 12.1 Å². The van der Waals surface area contributed by atoms with E-state index >= 15 is 0 Å². The SMILES string of the molecule is COCCNc1ncc(C(N)=O)c(Nc2ccccc2)n1. The lowest BCUT2D eigenvalue weighted by Crippen LogP contribution is -2.17. The zero-order chi connectivity index (χ0) is 15.1. The molecule has 0 radical (unpaired) electrons. The average Bonchev–Trinajstić information content (AvgIpc) is 2.48. The standard InChI is InChI=1S/C14H17N5O2/c1-21-8-7-16-14-17-9-11(12(15)20)13(19-14)18-10-5-3-2-4-6-10/h2-6,9H,7-8H2,1H3,(H2,15,20)(H2,16,17,18,19). The quantitative estimate of drug-likeness (QED) is 0.665. The van der Waals surface area contributed by atoms with Crippen LogP contribution in [0.1, 0.15) is 10.4 Å². The molecular weight excluding hydrogens is 270 g/mol. The van der Waals surface area contributed by atoms with Crippen LogP contribution in [-0.2, 0) is 4.74 Å². The number of nitrogens with one attached hydrogen (secondary N) is 2. The molecule has 2 rings (SSSR count). The van der Waals surface area contributed by atoms with E-state index in [1.165, 1.54) is 6.20 Å². The molecule has 0 spiro atoms. The fraction of sp³-hybridized carbons (Fsp3) is 0.214. The van der Waals surface area contributed by atoms with E-state index in [9.17, 15) is 4.79 Å². The van der Waals surface area contributed by atoms with Gasteiger partial charge in [-0.1, -0.05) is 18.2 Å². The van der Waals surface area contributed by atoms with E-state index in [-0.39, 0.29) is 5.56 Å². The maximum atomic E-state index is 11.4. The van der Waals surface area contributed by atoms with Crippen molar-refractivity contribution >= 4 is 23.4 Å². The van der Waals surface area contributed by atoms with Gasteiger partial charge in [-0.25, -0.2) is 4.98 Å². The predicted octanol–water partition coefficient (Wildman–Crippen LogP) is 1.38. The van der Waals surface area contributed by atoms with Gasteiger partial charge >= 0.3 is 0 Å². The second kappa shape index (κ2) is 7.20. The van der Waals surface area contributed by atoms with Gasteiger partial charge in [0.1, 0.15) is 11.4 Å². The van der Waals surface area contributed by atoms with Crippen molar-refractivity contribution in [2.75, 3.05) is 30.9 Å². The van der Waals surface area contributed by atoms with Crippen LogP contribution < -0.4 is 16.4 Å². The Bertz CT molecular complexity index is 604. The molecule has 0 aliphatic rings. The number of carbonyl (C=O) groups is 1. The molecule has 7 heteroatoms. The van der Waals surface area contributed by atoms with Crippen molar-refractivity contribution in [1.82, 2.24) is 9.97 Å². The van der Waals surface area contributed by atoms with Gasteiger partial charge in [-0.2, -0.15) is 4.98 Å². The van der Waals surface area contributed by atoms with Crippen molar-refractivity contribution in [1.29, 1.82) is 0 Å². The summed E-state index contributed by atoms with van der Waals surface area (Å²) in [5, 5.41) is 6.06. The smallest absolute Gasteiger partial charge is 0.254 e. The zero-order valence-electron chi connectivity index (χ0n) is 11.7. The number of amides is 1. The fourth-order valence-electron chi connectivity index (χ4n) is 1.67. The van der Waals surface area contributed by atoms with Crippen LogP contribution in [0.4, 0.5) is 17.5 Å². The van der Waals surface area contributed by atoms with E-state index in [0.29, 0.717) is 24.9 Å². The molecule has 0 aliphatic heterocycles. The van der Waals surface area contributed by atoms with Crippen molar-refractivity contribution in [2.45, 2.75) is 0 Å². The molecule has 0 atom stereocenters. The third-order valence-corrected chi connectivity index (χ3v) is 2.68. The molecule has 0 bridgehead atoms. The van der Waals surface area contributed by atoms with E-state index in [1.807, 2.05) is 30.3 Å². The second-order valence-corrected chi connectivity index (χ2v) is 4.23. The number of nitrogens with zero attached hydrogens (tertiary/aromatic N) is 2. The summed E-state index contributed by atoms with van der Waals surface area (Å²) in [7, 11) is 1.61. The molecule has 0 saturated carbocycles. The Morgan fingerprint density at radius 3 is 2.76 bits per heavy atom. The Morgan fingerprint density at radius 1 is 1.33 bits per heavy atom. The highest BCUT2D eigenvalue weighted by molar-refractivity contribution is 5.98. The normalized spacial score (nSPS) is 10.1. The number of aromatic nitrogens is 2. The van der Waals surface area contributed by atoms with Gasteiger partial charge in [-0.3, -0.25) is 4.79 Å². The van der Waals surface area contributed by atoms with Gasteiger partial charge in [0.25, 0.3) is 5.91 Å². The number of para-hydroxylation sites is 1. The van der Waals surface area contributed by atoms with Gasteiger partial charge in [0.15, 0.2) is 0 Å². The van der Waals surface area contributed by atoms with Gasteiger partial charge in [0, 0.05) is 25.5 Å². The lowest BCUT2D eigenvalue weighted by molar-refractivity contribution is 0.100. The van der Waals surface area contributed by atoms with Crippen LogP contribution in [0.25, 0.3) is 0 Å². The Hall–Kier alpha value is -2.67. The number of benzene rings is 1. The van der Waals surface area contributed by atoms with Crippen molar-refractivity contribution in [3.05, 3.63) is 42.1 Å². The first-order valence-corrected chi connectivity index (χ1v) is 6.42. The minimum atomic E-state index is -0.586. The topological polar surface area (TPSA) is 102 Å². The molecule has 0 aliphatic carbocycles. The number of anilines is 3. The van der Waals surface area contributed by atoms with E-state index in [0.717, 1.165) is 5.69 Å². The van der Waals surface area contributed by atoms with E-state index < -0.39 is 5.91 Å². The number of methoxy groups -OCH3 is 1. The molecule has 4 N–H and O–H groups in total. The van der Waals surface area contributed by atoms with Crippen LogP contribution in [0, 0.1) is 0 Å². The average molecular weight is 287 g/mol. The molecule has 110 valence electrons. The summed E-state index contributed by atoms with van der Waals surface area (Å²) in [6.45, 7) is 1.10. The monoisotopic (exact) mass is 287 g/mol. The highest BCUT2D eigenvalue weighted by Gasteiger charge is 2.12. The molecule has 0 fully saturated rings. The van der Waals surface area contributed by atoms with Gasteiger partial charge in [0.2, 0.25) is 5.95 Å². The van der Waals surface area contributed by atoms with Gasteiger partial charge in [0.05, 0.1) is 6.61 Å². The first kappa shape index (κ1) is 14.7. The number of hydrogen-bond acceptors (Lipinski definition) is 6. The van der Waals surface area contributed by atoms with Crippen LogP contribution in [0.15, 0.2) is 36.5 Å². The van der Waals surface area contributed by atoms with Gasteiger partial charge < -0.3 is 21.1 Å². The molecule has 1 aromatic heterocycles. The largest absolute Gasteiger partial charge is 0.383 e. The molecule has 1 aromatic carbocycles. The molecule has 1 amide bonds. The Balaban J connectivity index is 2.22. The molecule has 1 heterocycles. The second-order valence-electron chi connectivity index (χ2n) is 4.23. The molecule has 0 unspecified atom stereocenters. The Labute approximate surface area is 122 Å². The molecule has 21 heavy (non-hydrogen) atoms.